The van der Waals surface area contributed by atoms with E-state index in [1.165, 1.54) is 0 Å². The predicted octanol–water partition coefficient (Wildman–Crippen LogP) is 4.52. The molecule has 6 rings (SSSR count). The van der Waals surface area contributed by atoms with Crippen LogP contribution in [0.2, 0.25) is 0 Å². The van der Waals surface area contributed by atoms with Gasteiger partial charge in [0.05, 0.1) is 0 Å². The molecule has 0 spiro atoms. The van der Waals surface area contributed by atoms with Gasteiger partial charge in [-0.1, -0.05) is 0 Å². The zero-order valence-electron chi connectivity index (χ0n) is 15.9. The Hall–Kier alpha value is -3.49. The molecule has 1 aliphatic carbocycles. The van der Waals surface area contributed by atoms with E-state index in [0.29, 0.717) is 0 Å². The molecular weight excluding hydrogens is 431 g/mol. The van der Waals surface area contributed by atoms with E-state index >= 15 is 0 Å². The van der Waals surface area contributed by atoms with Gasteiger partial charge in [-0.05, 0) is 0 Å². The van der Waals surface area contributed by atoms with Crippen LogP contribution in [0.25, 0.3) is 50.0 Å². The molecule has 0 aliphatic heterocycles. The third kappa shape index (κ3) is 2.72. The molecule has 5 aromatic rings. The van der Waals surface area contributed by atoms with Gasteiger partial charge in [-0.25, -0.2) is 0 Å². The van der Waals surface area contributed by atoms with Crippen molar-refractivity contribution >= 4 is 49.0 Å². The number of rotatable bonds is 3. The molecule has 1 aliphatic rings. The van der Waals surface area contributed by atoms with Crippen LogP contribution >= 0.6 is 0 Å². The number of nitrogens with zero attached hydrogens (tertiary/aromatic N) is 4. The van der Waals surface area contributed by atoms with Crippen LogP contribution in [0.3, 0.4) is 0 Å². The number of fused-ring (bicyclic) bond motifs is 2. The SMILES string of the molecule is [As]c1ncnc2c1c(-c1ccc3ccc(-c4ccccc4)nc3c1)cn2C1=CC=C1. The molecule has 0 bridgehead atoms. The molecule has 3 heterocycles. The van der Waals surface area contributed by atoms with Crippen molar-refractivity contribution in [3.05, 3.63) is 91.4 Å². The van der Waals surface area contributed by atoms with E-state index in [9.17, 15) is 0 Å². The molecule has 5 heteroatoms. The van der Waals surface area contributed by atoms with Gasteiger partial charge in [0.1, 0.15) is 0 Å². The fourth-order valence-electron chi connectivity index (χ4n) is 3.86. The molecule has 0 N–H and O–H groups in total. The molecule has 2 aromatic carbocycles. The van der Waals surface area contributed by atoms with Gasteiger partial charge in [-0.2, -0.15) is 0 Å². The molecular formula is C25H15AsN4. The van der Waals surface area contributed by atoms with Crippen LogP contribution in [-0.4, -0.2) is 36.4 Å². The number of hydrogen-bond acceptors (Lipinski definition) is 3. The summed E-state index contributed by atoms with van der Waals surface area (Å²) in [6.45, 7) is 0. The molecule has 140 valence electrons. The van der Waals surface area contributed by atoms with Crippen molar-refractivity contribution in [2.75, 3.05) is 0 Å². The van der Waals surface area contributed by atoms with E-state index in [2.05, 4.69) is 92.2 Å². The van der Waals surface area contributed by atoms with Crippen LogP contribution in [0, 0.1) is 0 Å². The number of hydrogen-bond donors (Lipinski definition) is 0. The van der Waals surface area contributed by atoms with Gasteiger partial charge in [0.15, 0.2) is 0 Å². The van der Waals surface area contributed by atoms with Gasteiger partial charge in [0, 0.05) is 0 Å². The monoisotopic (exact) mass is 446 g/mol. The maximum atomic E-state index is 4.94. The first-order valence-corrected chi connectivity index (χ1v) is 10.6. The second-order valence-electron chi connectivity index (χ2n) is 7.23. The Morgan fingerprint density at radius 2 is 1.70 bits per heavy atom. The Morgan fingerprint density at radius 1 is 0.867 bits per heavy atom. The van der Waals surface area contributed by atoms with Gasteiger partial charge in [0.25, 0.3) is 0 Å². The standard InChI is InChI=1S/C25H15AsN4/c26-24-23-20(14-30(19-7-4-8-19)25(23)28-15-27-24)18-10-9-17-11-12-21(29-22(17)13-18)16-5-2-1-3-6-16/h1-15H. The summed E-state index contributed by atoms with van der Waals surface area (Å²) < 4.78 is 3.04. The molecule has 0 fully saturated rings. The van der Waals surface area contributed by atoms with Crippen molar-refractivity contribution in [2.24, 2.45) is 0 Å². The zero-order chi connectivity index (χ0) is 20.1. The number of pyridine rings is 1. The Labute approximate surface area is 182 Å². The average molecular weight is 446 g/mol. The normalized spacial score (nSPS) is 12.9. The van der Waals surface area contributed by atoms with E-state index in [1.807, 2.05) is 24.3 Å². The van der Waals surface area contributed by atoms with Crippen LogP contribution < -0.4 is 4.48 Å². The fourth-order valence-corrected chi connectivity index (χ4v) is 4.43. The van der Waals surface area contributed by atoms with Crippen LogP contribution in [0.1, 0.15) is 0 Å². The summed E-state index contributed by atoms with van der Waals surface area (Å²) in [5.41, 5.74) is 7.32. The minimum absolute atomic E-state index is 0.913. The Kier molecular flexibility index (Phi) is 3.93. The summed E-state index contributed by atoms with van der Waals surface area (Å²) in [6.07, 6.45) is 9.98. The summed E-state index contributed by atoms with van der Waals surface area (Å²) in [5.74, 6) is 0. The first-order chi connectivity index (χ1) is 14.8. The molecule has 0 atom stereocenters. The second kappa shape index (κ2) is 6.79. The van der Waals surface area contributed by atoms with Crippen molar-refractivity contribution in [2.45, 2.75) is 0 Å². The quantitative estimate of drug-likeness (QED) is 0.383. The van der Waals surface area contributed by atoms with Gasteiger partial charge in [-0.15, -0.1) is 0 Å². The topological polar surface area (TPSA) is 43.6 Å². The van der Waals surface area contributed by atoms with Crippen molar-refractivity contribution in [3.8, 4) is 22.4 Å². The summed E-state index contributed by atoms with van der Waals surface area (Å²) in [6, 6.07) is 20.9. The van der Waals surface area contributed by atoms with E-state index < -0.39 is 0 Å². The maximum absolute atomic E-state index is 4.94. The van der Waals surface area contributed by atoms with Crippen LogP contribution in [-0.2, 0) is 0 Å². The fraction of sp³-hybridized carbons (Fsp3) is 0. The third-order valence-electron chi connectivity index (χ3n) is 5.45. The van der Waals surface area contributed by atoms with Gasteiger partial charge < -0.3 is 0 Å². The molecule has 4 nitrogen and oxygen atoms in total. The van der Waals surface area contributed by atoms with Crippen LogP contribution in [0.5, 0.6) is 0 Å². The van der Waals surface area contributed by atoms with E-state index in [4.69, 9.17) is 4.98 Å². The predicted molar refractivity (Wildman–Crippen MR) is 123 cm³/mol. The second-order valence-corrected chi connectivity index (χ2v) is 8.12. The molecule has 2 radical (unpaired) electrons. The molecule has 3 aromatic heterocycles. The first-order valence-electron chi connectivity index (χ1n) is 9.68. The third-order valence-corrected chi connectivity index (χ3v) is 6.16. The molecule has 0 saturated carbocycles. The van der Waals surface area contributed by atoms with Crippen molar-refractivity contribution in [1.29, 1.82) is 0 Å². The summed E-state index contributed by atoms with van der Waals surface area (Å²) in [5, 5.41) is 2.17. The van der Waals surface area contributed by atoms with Crippen LogP contribution in [0.4, 0.5) is 0 Å². The molecule has 0 unspecified atom stereocenters. The number of benzene rings is 2. The van der Waals surface area contributed by atoms with Crippen molar-refractivity contribution in [3.63, 3.8) is 0 Å². The number of allylic oxidation sites excluding steroid dienone is 4. The molecule has 0 amide bonds. The van der Waals surface area contributed by atoms with E-state index in [0.717, 1.165) is 54.5 Å². The Balaban J connectivity index is 1.55. The average Bonchev–Trinajstić information content (AvgIpc) is 3.13. The van der Waals surface area contributed by atoms with Gasteiger partial charge in [-0.3, -0.25) is 0 Å². The van der Waals surface area contributed by atoms with Crippen molar-refractivity contribution in [1.82, 2.24) is 19.5 Å². The molecule has 30 heavy (non-hydrogen) atoms. The summed E-state index contributed by atoms with van der Waals surface area (Å²) >= 11 is 2.57. The van der Waals surface area contributed by atoms with E-state index in [1.54, 1.807) is 6.33 Å². The summed E-state index contributed by atoms with van der Waals surface area (Å²) in [4.78, 5) is 13.9. The van der Waals surface area contributed by atoms with Crippen LogP contribution in [0.15, 0.2) is 91.4 Å². The Bertz CT molecular complexity index is 1500. The van der Waals surface area contributed by atoms with Crippen molar-refractivity contribution < 1.29 is 0 Å². The Morgan fingerprint density at radius 3 is 2.50 bits per heavy atom. The summed E-state index contributed by atoms with van der Waals surface area (Å²) in [7, 11) is 0. The van der Waals surface area contributed by atoms with E-state index in [-0.39, 0.29) is 0 Å². The number of aromatic nitrogens is 4. The first kappa shape index (κ1) is 17.4. The zero-order valence-corrected chi connectivity index (χ0v) is 17.8. The molecule has 0 saturated heterocycles. The van der Waals surface area contributed by atoms with Gasteiger partial charge >= 0.3 is 182 Å². The van der Waals surface area contributed by atoms with Gasteiger partial charge in [0.2, 0.25) is 0 Å². The minimum atomic E-state index is 0.913.